The van der Waals surface area contributed by atoms with Crippen LogP contribution in [0.15, 0.2) is 212 Å². The Morgan fingerprint density at radius 1 is 0.415 bits per heavy atom. The van der Waals surface area contributed by atoms with Gasteiger partial charge in [0.05, 0.1) is 11.1 Å². The van der Waals surface area contributed by atoms with Crippen LogP contribution in [-0.4, -0.2) is 6.71 Å². The van der Waals surface area contributed by atoms with Crippen LogP contribution >= 0.6 is 11.3 Å². The average Bonchev–Trinajstić information content (AvgIpc) is 3.98. The van der Waals surface area contributed by atoms with E-state index in [-0.39, 0.29) is 6.71 Å². The van der Waals surface area contributed by atoms with Crippen molar-refractivity contribution < 1.29 is 0 Å². The van der Waals surface area contributed by atoms with E-state index in [0.717, 1.165) is 5.69 Å². The summed E-state index contributed by atoms with van der Waals surface area (Å²) in [6.45, 7) is 4.46. The molecule has 0 N–H and O–H groups in total. The Labute approximate surface area is 384 Å². The van der Waals surface area contributed by atoms with Gasteiger partial charge in [-0.15, -0.1) is 11.3 Å². The highest BCUT2D eigenvalue weighted by molar-refractivity contribution is 7.30. The first-order valence-electron chi connectivity index (χ1n) is 22.7. The first-order valence-corrected chi connectivity index (χ1v) is 23.5. The molecule has 1 aromatic heterocycles. The van der Waals surface area contributed by atoms with Crippen LogP contribution in [0.2, 0.25) is 0 Å². The molecule has 0 atom stereocenters. The molecule has 304 valence electrons. The molecule has 0 saturated heterocycles. The third kappa shape index (κ3) is 4.95. The van der Waals surface area contributed by atoms with E-state index in [0.29, 0.717) is 0 Å². The maximum absolute atomic E-state index is 2.61. The van der Waals surface area contributed by atoms with Crippen LogP contribution in [0, 0.1) is 13.8 Å². The lowest BCUT2D eigenvalue weighted by atomic mass is 9.36. The van der Waals surface area contributed by atoms with Crippen molar-refractivity contribution >= 4 is 67.9 Å². The molecule has 0 saturated carbocycles. The van der Waals surface area contributed by atoms with Crippen molar-refractivity contribution in [3.05, 3.63) is 245 Å². The van der Waals surface area contributed by atoms with Crippen molar-refractivity contribution in [2.24, 2.45) is 0 Å². The number of thiophene rings is 1. The second kappa shape index (κ2) is 13.7. The summed E-state index contributed by atoms with van der Waals surface area (Å²) in [6.07, 6.45) is 0. The minimum atomic E-state index is -0.445. The summed E-state index contributed by atoms with van der Waals surface area (Å²) in [5, 5.41) is 0. The largest absolute Gasteiger partial charge is 0.311 e. The van der Waals surface area contributed by atoms with E-state index in [9.17, 15) is 0 Å². The van der Waals surface area contributed by atoms with Gasteiger partial charge in [-0.1, -0.05) is 181 Å². The average molecular weight is 845 g/mol. The Balaban J connectivity index is 1.10. The summed E-state index contributed by atoms with van der Waals surface area (Å²) in [7, 11) is 0. The fraction of sp³-hybridized carbons (Fsp3) is 0.0492. The Kier molecular flexibility index (Phi) is 7.74. The topological polar surface area (TPSA) is 6.48 Å². The molecule has 2 nitrogen and oxygen atoms in total. The van der Waals surface area contributed by atoms with Gasteiger partial charge >= 0.3 is 0 Å². The number of para-hydroxylation sites is 2. The lowest BCUT2D eigenvalue weighted by Gasteiger charge is -2.43. The maximum Gasteiger partial charge on any atom is 0.264 e. The van der Waals surface area contributed by atoms with Gasteiger partial charge in [0.15, 0.2) is 0 Å². The van der Waals surface area contributed by atoms with Gasteiger partial charge in [0, 0.05) is 43.7 Å². The molecule has 0 bridgehead atoms. The van der Waals surface area contributed by atoms with E-state index in [2.05, 4.69) is 247 Å². The number of hydrogen-bond acceptors (Lipinski definition) is 3. The molecular formula is C61H41BN2S. The van der Waals surface area contributed by atoms with Crippen molar-refractivity contribution in [2.75, 3.05) is 9.80 Å². The summed E-state index contributed by atoms with van der Waals surface area (Å²) >= 11 is 2.05. The molecule has 0 fully saturated rings. The second-order valence-corrected chi connectivity index (χ2v) is 19.1. The monoisotopic (exact) mass is 844 g/mol. The Bertz CT molecular complexity index is 3550. The molecule has 2 aliphatic heterocycles. The molecule has 0 radical (unpaired) electrons. The van der Waals surface area contributed by atoms with Gasteiger partial charge < -0.3 is 9.80 Å². The fourth-order valence-electron chi connectivity index (χ4n) is 12.0. The van der Waals surface area contributed by atoms with Crippen molar-refractivity contribution in [1.82, 2.24) is 0 Å². The van der Waals surface area contributed by atoms with Gasteiger partial charge in [0.2, 0.25) is 0 Å². The van der Waals surface area contributed by atoms with E-state index in [1.807, 2.05) is 0 Å². The molecule has 14 rings (SSSR count). The molecule has 0 unspecified atom stereocenters. The highest BCUT2D eigenvalue weighted by atomic mass is 32.1. The molecule has 4 heteroatoms. The van der Waals surface area contributed by atoms with Crippen molar-refractivity contribution in [1.29, 1.82) is 0 Å². The third-order valence-electron chi connectivity index (χ3n) is 14.5. The number of benzene rings is 9. The van der Waals surface area contributed by atoms with Gasteiger partial charge in [-0.3, -0.25) is 0 Å². The summed E-state index contributed by atoms with van der Waals surface area (Å²) in [5.41, 5.74) is 26.5. The minimum Gasteiger partial charge on any atom is -0.311 e. The molecule has 10 aromatic rings. The van der Waals surface area contributed by atoms with E-state index in [1.165, 1.54) is 121 Å². The molecule has 0 amide bonds. The van der Waals surface area contributed by atoms with Crippen LogP contribution in [0.4, 0.5) is 34.1 Å². The molecule has 4 aliphatic rings. The zero-order chi connectivity index (χ0) is 43.0. The first-order chi connectivity index (χ1) is 32.1. The molecule has 9 aromatic carbocycles. The number of fused-ring (bicyclic) bond motifs is 15. The summed E-state index contributed by atoms with van der Waals surface area (Å²) in [5.74, 6) is 0. The number of nitrogens with zero attached hydrogens (tertiary/aromatic N) is 2. The fourth-order valence-corrected chi connectivity index (χ4v) is 13.6. The van der Waals surface area contributed by atoms with Crippen LogP contribution in [-0.2, 0) is 5.41 Å². The van der Waals surface area contributed by atoms with Gasteiger partial charge in [0.25, 0.3) is 6.71 Å². The summed E-state index contributed by atoms with van der Waals surface area (Å²) in [6, 6.07) is 79.8. The SMILES string of the molecule is Cc1ccc(-c2ccccc2)c(-c2ccc3c(c2)N(c2ccccc2)c2cccc4c2B3c2sc3c(c2N4c2ccccc2)-c2ccc(C)cc2C32c3ccccc3-c3ccccc32)c1. The normalized spacial score (nSPS) is 14.0. The van der Waals surface area contributed by atoms with E-state index < -0.39 is 5.41 Å². The van der Waals surface area contributed by atoms with E-state index >= 15 is 0 Å². The first kappa shape index (κ1) is 36.8. The van der Waals surface area contributed by atoms with Gasteiger partial charge in [0.1, 0.15) is 0 Å². The highest BCUT2D eigenvalue weighted by Gasteiger charge is 2.56. The highest BCUT2D eigenvalue weighted by Crippen LogP contribution is 2.67. The van der Waals surface area contributed by atoms with Crippen molar-refractivity contribution in [2.45, 2.75) is 19.3 Å². The van der Waals surface area contributed by atoms with Crippen LogP contribution in [0.3, 0.4) is 0 Å². The smallest absolute Gasteiger partial charge is 0.264 e. The molecule has 1 spiro atoms. The number of rotatable bonds is 4. The number of anilines is 6. The summed E-state index contributed by atoms with van der Waals surface area (Å²) in [4.78, 5) is 6.56. The van der Waals surface area contributed by atoms with Gasteiger partial charge in [-0.25, -0.2) is 0 Å². The predicted molar refractivity (Wildman–Crippen MR) is 275 cm³/mol. The third-order valence-corrected chi connectivity index (χ3v) is 15.9. The second-order valence-electron chi connectivity index (χ2n) is 18.1. The minimum absolute atomic E-state index is 0.000262. The standard InChI is InChI=1S/C61H41BN2S/c1-38-29-32-44(40-17-6-3-7-18-40)48(35-38)41-31-34-52-55(37-41)63(42-19-8-4-9-20-42)53-27-16-28-54-57(53)62(52)60-58(64(54)43-21-10-5-11-22-43)56-47-33-30-39(2)36-51(47)61(59(56)65-60)49-25-14-12-23-45(49)46-24-13-15-26-50(46)61/h3-37H,1-2H3. The number of hydrogen-bond donors (Lipinski definition) is 0. The predicted octanol–water partition coefficient (Wildman–Crippen LogP) is 14.1. The lowest BCUT2D eigenvalue weighted by Crippen LogP contribution is -2.60. The van der Waals surface area contributed by atoms with Gasteiger partial charge in [-0.05, 0) is 123 Å². The Morgan fingerprint density at radius 2 is 1.00 bits per heavy atom. The van der Waals surface area contributed by atoms with Crippen LogP contribution in [0.25, 0.3) is 44.5 Å². The van der Waals surface area contributed by atoms with E-state index in [1.54, 1.807) is 0 Å². The van der Waals surface area contributed by atoms with Crippen LogP contribution in [0.1, 0.15) is 32.7 Å². The Morgan fingerprint density at radius 3 is 1.69 bits per heavy atom. The van der Waals surface area contributed by atoms with Crippen molar-refractivity contribution in [3.63, 3.8) is 0 Å². The molecule has 2 aliphatic carbocycles. The molecular weight excluding hydrogens is 804 g/mol. The van der Waals surface area contributed by atoms with E-state index in [4.69, 9.17) is 0 Å². The van der Waals surface area contributed by atoms with Crippen LogP contribution in [0.5, 0.6) is 0 Å². The molecule has 65 heavy (non-hydrogen) atoms. The molecule has 3 heterocycles. The zero-order valence-corrected chi connectivity index (χ0v) is 36.9. The summed E-state index contributed by atoms with van der Waals surface area (Å²) < 4.78 is 1.40. The van der Waals surface area contributed by atoms with Crippen LogP contribution < -0.4 is 25.5 Å². The quantitative estimate of drug-likeness (QED) is 0.163. The van der Waals surface area contributed by atoms with Crippen molar-refractivity contribution in [3.8, 4) is 44.5 Å². The Hall–Kier alpha value is -7.66. The maximum atomic E-state index is 2.61. The lowest BCUT2D eigenvalue weighted by molar-refractivity contribution is 0.810. The van der Waals surface area contributed by atoms with Gasteiger partial charge in [-0.2, -0.15) is 0 Å². The zero-order valence-electron chi connectivity index (χ0n) is 36.1. The number of aryl methyl sites for hydroxylation is 2.